The molecule has 1 N–H and O–H groups in total. The molecule has 0 unspecified atom stereocenters. The second-order valence-corrected chi connectivity index (χ2v) is 47.5. The first-order valence-electron chi connectivity index (χ1n) is 30.3. The van der Waals surface area contributed by atoms with Crippen LogP contribution in [0, 0.1) is 0 Å². The van der Waals surface area contributed by atoms with Gasteiger partial charge in [0.15, 0.2) is 0 Å². The number of amides is 1. The van der Waals surface area contributed by atoms with Gasteiger partial charge in [0.2, 0.25) is 0 Å². The van der Waals surface area contributed by atoms with E-state index < -0.39 is 68.0 Å². The van der Waals surface area contributed by atoms with E-state index in [1.165, 1.54) is 12.2 Å². The van der Waals surface area contributed by atoms with Crippen LogP contribution in [-0.2, 0) is 52.5 Å². The minimum absolute atomic E-state index is 0.00876. The van der Waals surface area contributed by atoms with Crippen molar-refractivity contribution in [3.8, 4) is 0 Å². The minimum Gasteiger partial charge on any atom is -0.466 e. The van der Waals surface area contributed by atoms with Crippen LogP contribution >= 0.6 is 0 Å². The first-order chi connectivity index (χ1) is 42.6. The van der Waals surface area contributed by atoms with Gasteiger partial charge in [0, 0.05) is 6.17 Å². The number of allylic oxidation sites excluding steroid dienone is 6. The average Bonchev–Trinajstić information content (AvgIpc) is 1.65. The zero-order valence-electron chi connectivity index (χ0n) is 55.0. The standard InChI is InChI=1S/C26H34O4Si2.C24H29NO3Si.C24H28O4Si/c1-31(2,3)19-29-25(27)24(26(28)30-20-32(4,5)6)18-17-23(21-13-9-7-10-14-21)22-15-11-8-12-16-22;1-5-28-24(27)22(23(26)25-18-29(2,3)4)17-16-21(19-12-8-6-9-13-19)20-14-10-7-11-15-20;1-5-27-23(25)22(24(26)28-18-29(2,3)4)17-16-21(19-12-8-6-9-13-19)20-14-10-7-11-15-20/h7-18H,19-20H2,1-6H3;6-17H,5,18H2,1-4H3,(H,25,26);6-17H,5,18H2,1-4H3/b;22-17+;22-17-. The maximum absolute atomic E-state index is 12.9. The molecule has 6 aromatic carbocycles. The van der Waals surface area contributed by atoms with Gasteiger partial charge in [-0.25, -0.2) is 24.0 Å². The Morgan fingerprint density at radius 2 is 0.511 bits per heavy atom. The molecule has 0 spiro atoms. The summed E-state index contributed by atoms with van der Waals surface area (Å²) >= 11 is 0. The lowest BCUT2D eigenvalue weighted by atomic mass is 9.97. The largest absolute Gasteiger partial charge is 0.466 e. The Labute approximate surface area is 538 Å². The summed E-state index contributed by atoms with van der Waals surface area (Å²) in [6.07, 6.45) is 11.6. The second kappa shape index (κ2) is 36.8. The van der Waals surface area contributed by atoms with E-state index in [-0.39, 0.29) is 29.9 Å². The van der Waals surface area contributed by atoms with E-state index in [0.717, 1.165) is 50.1 Å². The van der Waals surface area contributed by atoms with Crippen LogP contribution in [0.25, 0.3) is 16.7 Å². The molecule has 0 saturated heterocycles. The van der Waals surface area contributed by atoms with Crippen LogP contribution in [0.1, 0.15) is 47.2 Å². The molecule has 6 rings (SSSR count). The first-order valence-corrected chi connectivity index (χ1v) is 45.1. The lowest BCUT2D eigenvalue weighted by Crippen LogP contribution is -2.41. The number of carbonyl (C=O) groups excluding carboxylic acids is 6. The summed E-state index contributed by atoms with van der Waals surface area (Å²) in [6.45, 7) is 29.2. The van der Waals surface area contributed by atoms with E-state index in [1.54, 1.807) is 32.1 Å². The van der Waals surface area contributed by atoms with Crippen molar-refractivity contribution in [2.75, 3.05) is 38.1 Å². The molecule has 6 aromatic rings. The van der Waals surface area contributed by atoms with Gasteiger partial charge in [0.25, 0.3) is 5.91 Å². The molecule has 16 heteroatoms. The van der Waals surface area contributed by atoms with E-state index in [0.29, 0.717) is 24.9 Å². The van der Waals surface area contributed by atoms with E-state index >= 15 is 0 Å². The van der Waals surface area contributed by atoms with Gasteiger partial charge in [0.05, 0.1) is 64.2 Å². The first kappa shape index (κ1) is 73.9. The van der Waals surface area contributed by atoms with Gasteiger partial charge in [-0.2, -0.15) is 0 Å². The second-order valence-electron chi connectivity index (χ2n) is 25.8. The molecule has 1 amide bonds. The molecule has 0 aliphatic carbocycles. The number of hydrogen-bond acceptors (Lipinski definition) is 11. The highest BCUT2D eigenvalue weighted by Gasteiger charge is 2.28. The van der Waals surface area contributed by atoms with E-state index in [1.807, 2.05) is 188 Å². The third kappa shape index (κ3) is 27.9. The third-order valence-electron chi connectivity index (χ3n) is 12.3. The van der Waals surface area contributed by atoms with Crippen LogP contribution in [0.15, 0.2) is 235 Å². The molecule has 0 heterocycles. The molecular formula is C74H91NO11Si4. The number of benzene rings is 6. The highest BCUT2D eigenvalue weighted by atomic mass is 28.3. The van der Waals surface area contributed by atoms with Crippen molar-refractivity contribution in [3.63, 3.8) is 0 Å². The Morgan fingerprint density at radius 3 is 0.722 bits per heavy atom. The third-order valence-corrected chi connectivity index (χ3v) is 16.6. The predicted molar refractivity (Wildman–Crippen MR) is 377 cm³/mol. The van der Waals surface area contributed by atoms with Gasteiger partial charge in [-0.15, -0.1) is 0 Å². The molecule has 0 aliphatic heterocycles. The SMILES string of the molecule is CCOC(=O)/C(=C/C=C(c1ccccc1)c1ccccc1)C(=O)NC[Si](C)(C)C.CCOC(=O)/C(=C/C=C(c1ccccc1)c1ccccc1)C(=O)OC[Si](C)(C)C.C[Si](C)(C)COC(=O)C(=CC=C(c1ccccc1)c1ccccc1)C(=O)OC[Si](C)(C)C. The lowest BCUT2D eigenvalue weighted by molar-refractivity contribution is -0.147. The summed E-state index contributed by atoms with van der Waals surface area (Å²) in [4.78, 5) is 75.8. The Kier molecular flexibility index (Phi) is 30.2. The molecule has 0 radical (unpaired) electrons. The number of rotatable bonds is 25. The quantitative estimate of drug-likeness (QED) is 0.0110. The average molecular weight is 1280 g/mol. The lowest BCUT2D eigenvalue weighted by Gasteiger charge is -2.18. The van der Waals surface area contributed by atoms with Crippen LogP contribution in [0.3, 0.4) is 0 Å². The Balaban J connectivity index is 0.000000289. The maximum atomic E-state index is 12.9. The Morgan fingerprint density at radius 1 is 0.300 bits per heavy atom. The smallest absolute Gasteiger partial charge is 0.345 e. The summed E-state index contributed by atoms with van der Waals surface area (Å²) in [5, 5.41) is 2.89. The molecule has 12 nitrogen and oxygen atoms in total. The van der Waals surface area contributed by atoms with Gasteiger partial charge in [-0.1, -0.05) is 279 Å². The van der Waals surface area contributed by atoms with Gasteiger partial charge < -0.3 is 29.0 Å². The van der Waals surface area contributed by atoms with Gasteiger partial charge >= 0.3 is 29.8 Å². The normalized spacial score (nSPS) is 11.4. The molecule has 0 fully saturated rings. The Bertz CT molecular complexity index is 3160. The summed E-state index contributed by atoms with van der Waals surface area (Å²) in [6, 6.07) is 59.1. The molecule has 474 valence electrons. The van der Waals surface area contributed by atoms with Crippen molar-refractivity contribution in [3.05, 3.63) is 269 Å². The fraction of sp³-hybridized carbons (Fsp3) is 0.270. The van der Waals surface area contributed by atoms with Gasteiger partial charge in [0.1, 0.15) is 16.7 Å². The van der Waals surface area contributed by atoms with Crippen LogP contribution in [0.5, 0.6) is 0 Å². The predicted octanol–water partition coefficient (Wildman–Crippen LogP) is 15.5. The van der Waals surface area contributed by atoms with E-state index in [9.17, 15) is 28.8 Å². The monoisotopic (exact) mass is 1280 g/mol. The van der Waals surface area contributed by atoms with E-state index in [4.69, 9.17) is 23.7 Å². The molecule has 90 heavy (non-hydrogen) atoms. The van der Waals surface area contributed by atoms with Crippen molar-refractivity contribution in [2.45, 2.75) is 92.4 Å². The molecule has 0 aliphatic rings. The number of carbonyl (C=O) groups is 6. The van der Waals surface area contributed by atoms with Gasteiger partial charge in [-0.05, 0) is 82.2 Å². The zero-order chi connectivity index (χ0) is 66.3. The van der Waals surface area contributed by atoms with Gasteiger partial charge in [-0.3, -0.25) is 4.79 Å². The fourth-order valence-corrected chi connectivity index (χ4v) is 10.3. The molecular weight excluding hydrogens is 1190 g/mol. The topological polar surface area (TPSA) is 161 Å². The summed E-state index contributed by atoms with van der Waals surface area (Å²) in [5.74, 6) is -3.61. The van der Waals surface area contributed by atoms with Crippen molar-refractivity contribution in [2.24, 2.45) is 0 Å². The molecule has 0 aromatic heterocycles. The van der Waals surface area contributed by atoms with Crippen molar-refractivity contribution in [1.29, 1.82) is 0 Å². The molecule has 0 saturated carbocycles. The van der Waals surface area contributed by atoms with Crippen LogP contribution in [0.2, 0.25) is 78.6 Å². The van der Waals surface area contributed by atoms with Crippen molar-refractivity contribution in [1.82, 2.24) is 5.32 Å². The van der Waals surface area contributed by atoms with E-state index in [2.05, 4.69) is 83.9 Å². The summed E-state index contributed by atoms with van der Waals surface area (Å²) in [7, 11) is -6.36. The van der Waals surface area contributed by atoms with Crippen LogP contribution in [0.4, 0.5) is 0 Å². The maximum Gasteiger partial charge on any atom is 0.345 e. The van der Waals surface area contributed by atoms with Crippen LogP contribution < -0.4 is 5.32 Å². The van der Waals surface area contributed by atoms with Crippen LogP contribution in [-0.4, -0.2) is 106 Å². The fourth-order valence-electron chi connectivity index (χ4n) is 7.90. The number of esters is 5. The Hall–Kier alpha value is -8.55. The highest BCUT2D eigenvalue weighted by molar-refractivity contribution is 6.77. The zero-order valence-corrected chi connectivity index (χ0v) is 59.0. The molecule has 0 atom stereocenters. The number of ether oxygens (including phenoxy) is 5. The summed E-state index contributed by atoms with van der Waals surface area (Å²) in [5.41, 5.74) is 8.48. The number of hydrogen-bond donors (Lipinski definition) is 1. The minimum atomic E-state index is -1.63. The highest BCUT2D eigenvalue weighted by Crippen LogP contribution is 2.27. The van der Waals surface area contributed by atoms with Crippen molar-refractivity contribution >= 4 is 84.8 Å². The number of nitrogens with one attached hydrogen (secondary N) is 1. The molecule has 0 bridgehead atoms. The van der Waals surface area contributed by atoms with Crippen molar-refractivity contribution < 1.29 is 52.5 Å². The summed E-state index contributed by atoms with van der Waals surface area (Å²) < 4.78 is 26.6.